The van der Waals surface area contributed by atoms with Crippen LogP contribution < -0.4 is 11.1 Å². The summed E-state index contributed by atoms with van der Waals surface area (Å²) in [6, 6.07) is -0.678. The molecular formula is C17H29N7O2. The first-order valence-electron chi connectivity index (χ1n) is 9.46. The summed E-state index contributed by atoms with van der Waals surface area (Å²) in [7, 11) is 2.02. The van der Waals surface area contributed by atoms with Crippen LogP contribution in [0.5, 0.6) is 0 Å². The number of nitrogens with two attached hydrogens (primary N) is 1. The Hall–Kier alpha value is -2.16. The number of nitrogens with zero attached hydrogens (tertiary/aromatic N) is 5. The van der Waals surface area contributed by atoms with Crippen LogP contribution in [0.4, 0.5) is 4.79 Å². The van der Waals surface area contributed by atoms with Crippen molar-refractivity contribution in [3.63, 3.8) is 0 Å². The zero-order chi connectivity index (χ0) is 18.5. The van der Waals surface area contributed by atoms with E-state index in [1.165, 1.54) is 19.3 Å². The number of carbonyl (C=O) groups is 2. The Morgan fingerprint density at radius 2 is 1.92 bits per heavy atom. The molecule has 0 aliphatic carbocycles. The second-order valence-electron chi connectivity index (χ2n) is 7.27. The van der Waals surface area contributed by atoms with Gasteiger partial charge in [0.1, 0.15) is 11.6 Å². The Labute approximate surface area is 153 Å². The first-order valence-corrected chi connectivity index (χ1v) is 9.46. The lowest BCUT2D eigenvalue weighted by Crippen LogP contribution is -2.45. The lowest BCUT2D eigenvalue weighted by Gasteiger charge is -2.32. The molecule has 3 rings (SSSR count). The first kappa shape index (κ1) is 18.6. The fourth-order valence-corrected chi connectivity index (χ4v) is 3.87. The Morgan fingerprint density at radius 3 is 2.65 bits per heavy atom. The highest BCUT2D eigenvalue weighted by molar-refractivity contribution is 5.83. The molecule has 1 aromatic rings. The monoisotopic (exact) mass is 363 g/mol. The molecule has 1 aromatic heterocycles. The molecule has 3 heterocycles. The van der Waals surface area contributed by atoms with Crippen molar-refractivity contribution < 1.29 is 9.59 Å². The van der Waals surface area contributed by atoms with Gasteiger partial charge in [0, 0.05) is 26.1 Å². The molecule has 2 aliphatic heterocycles. The Bertz CT molecular complexity index is 639. The van der Waals surface area contributed by atoms with Crippen molar-refractivity contribution in [1.82, 2.24) is 29.9 Å². The zero-order valence-corrected chi connectivity index (χ0v) is 15.5. The predicted molar refractivity (Wildman–Crippen MR) is 96.3 cm³/mol. The van der Waals surface area contributed by atoms with Crippen molar-refractivity contribution in [2.75, 3.05) is 32.7 Å². The summed E-state index contributed by atoms with van der Waals surface area (Å²) in [6.07, 6.45) is 5.73. The van der Waals surface area contributed by atoms with E-state index in [1.54, 1.807) is 4.90 Å². The minimum absolute atomic E-state index is 0.0545. The first-order chi connectivity index (χ1) is 12.5. The highest BCUT2D eigenvalue weighted by Gasteiger charge is 2.28. The molecule has 0 spiro atoms. The molecule has 2 fully saturated rings. The summed E-state index contributed by atoms with van der Waals surface area (Å²) in [5, 5.41) is 11.2. The molecule has 0 bridgehead atoms. The van der Waals surface area contributed by atoms with E-state index >= 15 is 0 Å². The van der Waals surface area contributed by atoms with E-state index in [-0.39, 0.29) is 18.4 Å². The molecule has 2 saturated heterocycles. The lowest BCUT2D eigenvalue weighted by molar-refractivity contribution is -0.131. The van der Waals surface area contributed by atoms with Gasteiger partial charge in [-0.3, -0.25) is 9.69 Å². The van der Waals surface area contributed by atoms with Gasteiger partial charge in [0.05, 0.1) is 13.1 Å². The van der Waals surface area contributed by atoms with Gasteiger partial charge in [-0.25, -0.2) is 4.79 Å². The highest BCUT2D eigenvalue weighted by atomic mass is 16.2. The normalized spacial score (nSPS) is 21.6. The van der Waals surface area contributed by atoms with Gasteiger partial charge < -0.3 is 20.5 Å². The van der Waals surface area contributed by atoms with E-state index in [2.05, 4.69) is 25.0 Å². The van der Waals surface area contributed by atoms with E-state index < -0.39 is 6.03 Å². The van der Waals surface area contributed by atoms with Crippen molar-refractivity contribution in [2.24, 2.45) is 12.8 Å². The third-order valence-electron chi connectivity index (χ3n) is 5.37. The molecule has 0 aromatic carbocycles. The van der Waals surface area contributed by atoms with Gasteiger partial charge in [0.25, 0.3) is 0 Å². The van der Waals surface area contributed by atoms with Crippen molar-refractivity contribution in [2.45, 2.75) is 44.6 Å². The molecule has 1 atom stereocenters. The molecule has 9 heteroatoms. The number of likely N-dealkylation sites (tertiary alicyclic amines) is 2. The number of urea groups is 1. The maximum atomic E-state index is 12.2. The quantitative estimate of drug-likeness (QED) is 0.775. The van der Waals surface area contributed by atoms with Crippen LogP contribution in [0.1, 0.15) is 49.7 Å². The Balaban J connectivity index is 1.61. The summed E-state index contributed by atoms with van der Waals surface area (Å²) >= 11 is 0. The summed E-state index contributed by atoms with van der Waals surface area (Å²) in [5.41, 5.74) is 5.04. The second-order valence-corrected chi connectivity index (χ2v) is 7.27. The van der Waals surface area contributed by atoms with Crippen LogP contribution in [0.15, 0.2) is 0 Å². The second kappa shape index (κ2) is 8.48. The lowest BCUT2D eigenvalue weighted by atomic mass is 9.97. The van der Waals surface area contributed by atoms with Crippen LogP contribution in [-0.4, -0.2) is 69.2 Å². The van der Waals surface area contributed by atoms with Crippen LogP contribution in [0.2, 0.25) is 0 Å². The number of nitrogens with one attached hydrogen (secondary N) is 1. The summed E-state index contributed by atoms with van der Waals surface area (Å²) in [6.45, 7) is 4.34. The van der Waals surface area contributed by atoms with Crippen LogP contribution in [0.3, 0.4) is 0 Å². The third-order valence-corrected chi connectivity index (χ3v) is 5.37. The van der Waals surface area contributed by atoms with Gasteiger partial charge in [-0.05, 0) is 38.8 Å². The molecule has 3 amide bonds. The van der Waals surface area contributed by atoms with E-state index in [1.807, 2.05) is 7.05 Å². The van der Waals surface area contributed by atoms with Gasteiger partial charge in [-0.15, -0.1) is 10.2 Å². The molecule has 2 aliphatic rings. The summed E-state index contributed by atoms with van der Waals surface area (Å²) in [5.74, 6) is 2.00. The van der Waals surface area contributed by atoms with Gasteiger partial charge >= 0.3 is 6.03 Å². The largest absolute Gasteiger partial charge is 0.352 e. The molecule has 26 heavy (non-hydrogen) atoms. The molecule has 0 radical (unpaired) electrons. The highest BCUT2D eigenvalue weighted by Crippen LogP contribution is 2.26. The van der Waals surface area contributed by atoms with Gasteiger partial charge in [-0.2, -0.15) is 0 Å². The molecule has 0 saturated carbocycles. The molecule has 1 unspecified atom stereocenters. The molecule has 144 valence electrons. The fourth-order valence-electron chi connectivity index (χ4n) is 3.87. The van der Waals surface area contributed by atoms with Crippen LogP contribution in [-0.2, 0) is 18.4 Å². The summed E-state index contributed by atoms with van der Waals surface area (Å²) < 4.78 is 2.09. The molecule has 9 nitrogen and oxygen atoms in total. The zero-order valence-electron chi connectivity index (χ0n) is 15.5. The number of rotatable bonds is 5. The number of primary amides is 1. The maximum Gasteiger partial charge on any atom is 0.312 e. The van der Waals surface area contributed by atoms with Crippen molar-refractivity contribution in [1.29, 1.82) is 0 Å². The van der Waals surface area contributed by atoms with Crippen LogP contribution >= 0.6 is 0 Å². The number of hydrogen-bond acceptors (Lipinski definition) is 5. The number of aromatic nitrogens is 3. The fraction of sp³-hybridized carbons (Fsp3) is 0.765. The Morgan fingerprint density at radius 1 is 1.15 bits per heavy atom. The SMILES string of the molecule is Cn1c(CN2CCCCC2)nnc1C1CCCN(C(=O)CNC(N)=O)C1. The van der Waals surface area contributed by atoms with Crippen molar-refractivity contribution in [3.8, 4) is 0 Å². The maximum absolute atomic E-state index is 12.2. The minimum atomic E-state index is -0.678. The van der Waals surface area contributed by atoms with Gasteiger partial charge in [0.15, 0.2) is 0 Å². The Kier molecular flexibility index (Phi) is 6.08. The van der Waals surface area contributed by atoms with E-state index in [0.29, 0.717) is 13.1 Å². The van der Waals surface area contributed by atoms with Crippen LogP contribution in [0, 0.1) is 0 Å². The van der Waals surface area contributed by atoms with E-state index in [4.69, 9.17) is 5.73 Å². The topological polar surface area (TPSA) is 109 Å². The smallest absolute Gasteiger partial charge is 0.312 e. The average molecular weight is 363 g/mol. The predicted octanol–water partition coefficient (Wildman–Crippen LogP) is 0.175. The molecular weight excluding hydrogens is 334 g/mol. The van der Waals surface area contributed by atoms with Gasteiger partial charge in [0.2, 0.25) is 5.91 Å². The third kappa shape index (κ3) is 4.51. The van der Waals surface area contributed by atoms with Crippen LogP contribution in [0.25, 0.3) is 0 Å². The van der Waals surface area contributed by atoms with E-state index in [9.17, 15) is 9.59 Å². The number of amides is 3. The van der Waals surface area contributed by atoms with Crippen molar-refractivity contribution >= 4 is 11.9 Å². The number of piperidine rings is 2. The number of hydrogen-bond donors (Lipinski definition) is 2. The van der Waals surface area contributed by atoms with Crippen molar-refractivity contribution in [3.05, 3.63) is 11.6 Å². The number of carbonyl (C=O) groups excluding carboxylic acids is 2. The average Bonchev–Trinajstić information content (AvgIpc) is 3.01. The van der Waals surface area contributed by atoms with Gasteiger partial charge in [-0.1, -0.05) is 6.42 Å². The summed E-state index contributed by atoms with van der Waals surface area (Å²) in [4.78, 5) is 27.3. The molecule has 3 N–H and O–H groups in total. The minimum Gasteiger partial charge on any atom is -0.352 e. The van der Waals surface area contributed by atoms with E-state index in [0.717, 1.165) is 44.1 Å². The standard InChI is InChI=1S/C17H29N7O2/c1-22-14(12-23-7-3-2-4-8-23)20-21-16(22)13-6-5-9-24(11-13)15(25)10-19-17(18)26/h13H,2-12H2,1H3,(H3,18,19,26).